The number of carbonyl (C=O) groups excluding carboxylic acids is 1. The minimum atomic E-state index is -0.425. The van der Waals surface area contributed by atoms with Crippen LogP contribution in [0.25, 0.3) is 0 Å². The van der Waals surface area contributed by atoms with Crippen molar-refractivity contribution in [2.75, 3.05) is 13.7 Å². The Morgan fingerprint density at radius 3 is 2.56 bits per heavy atom. The van der Waals surface area contributed by atoms with Crippen molar-refractivity contribution in [1.29, 1.82) is 0 Å². The van der Waals surface area contributed by atoms with Crippen LogP contribution in [0.15, 0.2) is 0 Å². The Bertz CT molecular complexity index is 238. The second kappa shape index (κ2) is 5.67. The van der Waals surface area contributed by atoms with Crippen molar-refractivity contribution in [3.05, 3.63) is 0 Å². The maximum atomic E-state index is 12.0. The van der Waals surface area contributed by atoms with Crippen LogP contribution in [0, 0.1) is 17.3 Å². The average molecular weight is 227 g/mol. The largest absolute Gasteiger partial charge is 0.469 e. The van der Waals surface area contributed by atoms with Crippen molar-refractivity contribution in [3.8, 4) is 0 Å². The van der Waals surface area contributed by atoms with Gasteiger partial charge in [0.25, 0.3) is 0 Å². The first-order valence-electron chi connectivity index (χ1n) is 6.36. The minimum absolute atomic E-state index is 0.109. The highest BCUT2D eigenvalue weighted by molar-refractivity contribution is 5.77. The summed E-state index contributed by atoms with van der Waals surface area (Å²) in [5, 5.41) is 0. The molecule has 1 aliphatic carbocycles. The predicted molar refractivity (Wildman–Crippen MR) is 64.9 cm³/mol. The van der Waals surface area contributed by atoms with E-state index in [9.17, 15) is 4.79 Å². The molecule has 0 aromatic rings. The highest BCUT2D eigenvalue weighted by Crippen LogP contribution is 2.44. The van der Waals surface area contributed by atoms with Gasteiger partial charge in [0.05, 0.1) is 12.5 Å². The van der Waals surface area contributed by atoms with Crippen LogP contribution in [0.4, 0.5) is 0 Å². The molecule has 16 heavy (non-hydrogen) atoms. The van der Waals surface area contributed by atoms with E-state index in [-0.39, 0.29) is 5.97 Å². The molecule has 2 atom stereocenters. The Balaban J connectivity index is 2.73. The number of ether oxygens (including phenoxy) is 1. The number of nitrogens with two attached hydrogens (primary N) is 1. The third kappa shape index (κ3) is 3.21. The van der Waals surface area contributed by atoms with Crippen molar-refractivity contribution < 1.29 is 9.53 Å². The molecule has 1 fully saturated rings. The van der Waals surface area contributed by atoms with Crippen molar-refractivity contribution in [2.45, 2.75) is 46.0 Å². The molecule has 1 saturated carbocycles. The Hall–Kier alpha value is -0.570. The number of methoxy groups -OCH3 is 1. The maximum Gasteiger partial charge on any atom is 0.313 e. The lowest BCUT2D eigenvalue weighted by atomic mass is 9.75. The molecule has 0 aromatic carbocycles. The number of carbonyl (C=O) groups is 1. The number of esters is 1. The zero-order valence-corrected chi connectivity index (χ0v) is 10.8. The fraction of sp³-hybridized carbons (Fsp3) is 0.923. The van der Waals surface area contributed by atoms with Gasteiger partial charge >= 0.3 is 5.97 Å². The van der Waals surface area contributed by atoms with Crippen molar-refractivity contribution in [1.82, 2.24) is 0 Å². The van der Waals surface area contributed by atoms with Crippen LogP contribution >= 0.6 is 0 Å². The first-order chi connectivity index (χ1) is 7.57. The fourth-order valence-electron chi connectivity index (χ4n) is 2.40. The van der Waals surface area contributed by atoms with E-state index in [0.717, 1.165) is 19.3 Å². The third-order valence-electron chi connectivity index (χ3n) is 3.82. The van der Waals surface area contributed by atoms with Gasteiger partial charge in [0.1, 0.15) is 0 Å². The molecule has 3 heteroatoms. The first kappa shape index (κ1) is 13.5. The molecule has 0 radical (unpaired) electrons. The van der Waals surface area contributed by atoms with Gasteiger partial charge in [0, 0.05) is 6.54 Å². The summed E-state index contributed by atoms with van der Waals surface area (Å²) in [5.74, 6) is 1.12. The van der Waals surface area contributed by atoms with Gasteiger partial charge in [-0.3, -0.25) is 4.79 Å². The quantitative estimate of drug-likeness (QED) is 0.679. The molecule has 0 bridgehead atoms. The molecule has 0 saturated heterocycles. The molecule has 0 aromatic heterocycles. The van der Waals surface area contributed by atoms with Crippen LogP contribution in [0.5, 0.6) is 0 Å². The van der Waals surface area contributed by atoms with E-state index in [1.54, 1.807) is 0 Å². The monoisotopic (exact) mass is 227 g/mol. The van der Waals surface area contributed by atoms with Crippen molar-refractivity contribution >= 4 is 5.97 Å². The van der Waals surface area contributed by atoms with Gasteiger partial charge in [0.2, 0.25) is 0 Å². The summed E-state index contributed by atoms with van der Waals surface area (Å²) in [4.78, 5) is 12.0. The topological polar surface area (TPSA) is 52.3 Å². The molecule has 2 unspecified atom stereocenters. The molecule has 94 valence electrons. The van der Waals surface area contributed by atoms with E-state index < -0.39 is 5.41 Å². The van der Waals surface area contributed by atoms with Crippen molar-refractivity contribution in [3.63, 3.8) is 0 Å². The molecule has 0 aliphatic heterocycles. The smallest absolute Gasteiger partial charge is 0.313 e. The summed E-state index contributed by atoms with van der Waals surface area (Å²) in [5.41, 5.74) is 5.44. The Labute approximate surface area is 98.7 Å². The van der Waals surface area contributed by atoms with Gasteiger partial charge < -0.3 is 10.5 Å². The molecule has 1 rings (SSSR count). The second-order valence-corrected chi connectivity index (χ2v) is 5.34. The summed E-state index contributed by atoms with van der Waals surface area (Å²) in [6.07, 6.45) is 5.37. The van der Waals surface area contributed by atoms with E-state index in [4.69, 9.17) is 10.5 Å². The molecule has 0 spiro atoms. The SMILES string of the molecule is CCC(C)CC(CN)(CC1CC1)C(=O)OC. The van der Waals surface area contributed by atoms with Gasteiger partial charge in [-0.05, 0) is 24.7 Å². The Kier molecular flexibility index (Phi) is 4.78. The molecule has 0 heterocycles. The standard InChI is InChI=1S/C13H25NO2/c1-4-10(2)7-13(9-14,12(15)16-3)8-11-5-6-11/h10-11H,4-9,14H2,1-3H3. The predicted octanol–water partition coefficient (Wildman–Crippen LogP) is 2.34. The van der Waals surface area contributed by atoms with E-state index in [2.05, 4.69) is 13.8 Å². The Morgan fingerprint density at radius 1 is 1.56 bits per heavy atom. The van der Waals surface area contributed by atoms with E-state index in [1.807, 2.05) is 0 Å². The summed E-state index contributed by atoms with van der Waals surface area (Å²) in [6.45, 7) is 4.75. The van der Waals surface area contributed by atoms with Crippen molar-refractivity contribution in [2.24, 2.45) is 23.0 Å². The molecular weight excluding hydrogens is 202 g/mol. The van der Waals surface area contributed by atoms with Crippen LogP contribution in [0.3, 0.4) is 0 Å². The van der Waals surface area contributed by atoms with E-state index >= 15 is 0 Å². The fourth-order valence-corrected chi connectivity index (χ4v) is 2.40. The zero-order valence-electron chi connectivity index (χ0n) is 10.8. The second-order valence-electron chi connectivity index (χ2n) is 5.34. The lowest BCUT2D eigenvalue weighted by molar-refractivity contribution is -0.154. The van der Waals surface area contributed by atoms with Crippen LogP contribution in [0.1, 0.15) is 46.0 Å². The maximum absolute atomic E-state index is 12.0. The van der Waals surface area contributed by atoms with Gasteiger partial charge in [-0.2, -0.15) is 0 Å². The molecular formula is C13H25NO2. The summed E-state index contributed by atoms with van der Waals surface area (Å²) in [6, 6.07) is 0. The zero-order chi connectivity index (χ0) is 12.2. The normalized spacial score (nSPS) is 21.2. The molecule has 1 aliphatic rings. The molecule has 0 amide bonds. The van der Waals surface area contributed by atoms with E-state index in [0.29, 0.717) is 18.4 Å². The lowest BCUT2D eigenvalue weighted by Gasteiger charge is -2.32. The summed E-state index contributed by atoms with van der Waals surface area (Å²) < 4.78 is 4.96. The van der Waals surface area contributed by atoms with Gasteiger partial charge in [-0.15, -0.1) is 0 Å². The van der Waals surface area contributed by atoms with Gasteiger partial charge in [0.15, 0.2) is 0 Å². The minimum Gasteiger partial charge on any atom is -0.469 e. The Morgan fingerprint density at radius 2 is 2.19 bits per heavy atom. The van der Waals surface area contributed by atoms with Crippen LogP contribution < -0.4 is 5.73 Å². The number of hydrogen-bond donors (Lipinski definition) is 1. The third-order valence-corrected chi connectivity index (χ3v) is 3.82. The number of rotatable bonds is 7. The molecule has 2 N–H and O–H groups in total. The highest BCUT2D eigenvalue weighted by atomic mass is 16.5. The molecule has 3 nitrogen and oxygen atoms in total. The highest BCUT2D eigenvalue weighted by Gasteiger charge is 2.43. The van der Waals surface area contributed by atoms with Gasteiger partial charge in [-0.1, -0.05) is 33.1 Å². The van der Waals surface area contributed by atoms with Crippen LogP contribution in [-0.2, 0) is 9.53 Å². The van der Waals surface area contributed by atoms with Gasteiger partial charge in [-0.25, -0.2) is 0 Å². The lowest BCUT2D eigenvalue weighted by Crippen LogP contribution is -2.41. The summed E-state index contributed by atoms with van der Waals surface area (Å²) >= 11 is 0. The van der Waals surface area contributed by atoms with E-state index in [1.165, 1.54) is 20.0 Å². The number of hydrogen-bond acceptors (Lipinski definition) is 3. The van der Waals surface area contributed by atoms with Crippen LogP contribution in [0.2, 0.25) is 0 Å². The first-order valence-corrected chi connectivity index (χ1v) is 6.36. The summed E-state index contributed by atoms with van der Waals surface area (Å²) in [7, 11) is 1.47. The average Bonchev–Trinajstić information content (AvgIpc) is 3.10. The van der Waals surface area contributed by atoms with Crippen LogP contribution in [-0.4, -0.2) is 19.6 Å².